The zero-order chi connectivity index (χ0) is 11.3. The van der Waals surface area contributed by atoms with Gasteiger partial charge in [0.2, 0.25) is 0 Å². The van der Waals surface area contributed by atoms with E-state index in [2.05, 4.69) is 20.7 Å². The molecular formula is C9H14N4S2. The maximum atomic E-state index is 9.04. The van der Waals surface area contributed by atoms with Crippen molar-refractivity contribution in [1.29, 1.82) is 5.26 Å². The van der Waals surface area contributed by atoms with Gasteiger partial charge in [-0.1, -0.05) is 18.7 Å². The van der Waals surface area contributed by atoms with Crippen LogP contribution in [0, 0.1) is 18.3 Å². The van der Waals surface area contributed by atoms with Crippen LogP contribution in [0.4, 0.5) is 0 Å². The molecule has 0 aliphatic carbocycles. The maximum Gasteiger partial charge on any atom is 0.170 e. The summed E-state index contributed by atoms with van der Waals surface area (Å²) in [6, 6.07) is 2.28. The van der Waals surface area contributed by atoms with Crippen molar-refractivity contribution in [2.75, 3.05) is 12.3 Å². The lowest BCUT2D eigenvalue weighted by Crippen LogP contribution is -2.43. The lowest BCUT2D eigenvalue weighted by Gasteiger charge is -2.20. The zero-order valence-corrected chi connectivity index (χ0v) is 10.7. The Morgan fingerprint density at radius 3 is 2.87 bits per heavy atom. The molecule has 1 aromatic heterocycles. The molecule has 1 aromatic rings. The van der Waals surface area contributed by atoms with Gasteiger partial charge in [0.1, 0.15) is 11.4 Å². The van der Waals surface area contributed by atoms with Crippen LogP contribution in [0.5, 0.6) is 0 Å². The molecule has 0 radical (unpaired) electrons. The Morgan fingerprint density at radius 1 is 1.67 bits per heavy atom. The van der Waals surface area contributed by atoms with Gasteiger partial charge in [-0.3, -0.25) is 5.32 Å². The summed E-state index contributed by atoms with van der Waals surface area (Å²) in [5.74, 6) is 1.48. The fraction of sp³-hybridized carbons (Fsp3) is 0.667. The highest BCUT2D eigenvalue weighted by Gasteiger charge is 2.23. The predicted octanol–water partition coefficient (Wildman–Crippen LogP) is 1.83. The van der Waals surface area contributed by atoms with E-state index in [-0.39, 0.29) is 0 Å². The van der Waals surface area contributed by atoms with Crippen LogP contribution < -0.4 is 5.32 Å². The van der Waals surface area contributed by atoms with Crippen LogP contribution in [0.25, 0.3) is 0 Å². The van der Waals surface area contributed by atoms with Gasteiger partial charge < -0.3 is 0 Å². The largest absolute Gasteiger partial charge is 0.299 e. The Hall–Kier alpha value is -0.640. The van der Waals surface area contributed by atoms with Crippen LogP contribution >= 0.6 is 23.3 Å². The highest BCUT2D eigenvalue weighted by Crippen LogP contribution is 2.23. The monoisotopic (exact) mass is 242 g/mol. The number of rotatable bonds is 5. The summed E-state index contributed by atoms with van der Waals surface area (Å²) in [6.45, 7) is 6.56. The highest BCUT2D eigenvalue weighted by molar-refractivity contribution is 8.01. The summed E-state index contributed by atoms with van der Waals surface area (Å²) in [5, 5.41) is 12.2. The maximum absolute atomic E-state index is 9.04. The molecule has 1 N–H and O–H groups in total. The molecule has 0 saturated heterocycles. The third-order valence-electron chi connectivity index (χ3n) is 1.81. The topological polar surface area (TPSA) is 61.6 Å². The van der Waals surface area contributed by atoms with E-state index < -0.39 is 5.54 Å². The molecule has 0 saturated carbocycles. The average Bonchev–Trinajstić information content (AvgIpc) is 2.62. The van der Waals surface area contributed by atoms with E-state index in [0.29, 0.717) is 5.75 Å². The molecule has 82 valence electrons. The molecule has 0 bridgehead atoms. The molecule has 6 heteroatoms. The van der Waals surface area contributed by atoms with Crippen LogP contribution in [0.15, 0.2) is 4.34 Å². The molecule has 0 aliphatic heterocycles. The van der Waals surface area contributed by atoms with E-state index in [4.69, 9.17) is 5.26 Å². The number of hydrogen-bond acceptors (Lipinski definition) is 6. The fourth-order valence-electron chi connectivity index (χ4n) is 1.06. The number of nitrogens with one attached hydrogen (secondary N) is 1. The minimum Gasteiger partial charge on any atom is -0.299 e. The first-order valence-electron chi connectivity index (χ1n) is 4.69. The second kappa shape index (κ2) is 5.45. The minimum atomic E-state index is -0.487. The predicted molar refractivity (Wildman–Crippen MR) is 63.1 cm³/mol. The molecule has 1 rings (SSSR count). The first-order chi connectivity index (χ1) is 7.09. The molecule has 1 atom stereocenters. The molecule has 1 heterocycles. The van der Waals surface area contributed by atoms with Crippen LogP contribution in [0.2, 0.25) is 0 Å². The Labute approximate surface area is 98.3 Å². The van der Waals surface area contributed by atoms with Crippen molar-refractivity contribution in [3.8, 4) is 6.07 Å². The smallest absolute Gasteiger partial charge is 0.170 e. The highest BCUT2D eigenvalue weighted by atomic mass is 32.2. The Morgan fingerprint density at radius 2 is 2.40 bits per heavy atom. The Bertz CT molecular complexity index is 357. The average molecular weight is 242 g/mol. The van der Waals surface area contributed by atoms with E-state index in [0.717, 1.165) is 16.7 Å². The number of nitriles is 1. The van der Waals surface area contributed by atoms with Crippen molar-refractivity contribution >= 4 is 23.3 Å². The van der Waals surface area contributed by atoms with E-state index in [1.807, 2.05) is 20.8 Å². The van der Waals surface area contributed by atoms with Crippen molar-refractivity contribution in [1.82, 2.24) is 14.7 Å². The van der Waals surface area contributed by atoms with Crippen molar-refractivity contribution in [2.45, 2.75) is 30.6 Å². The molecule has 0 amide bonds. The van der Waals surface area contributed by atoms with Crippen molar-refractivity contribution in [2.24, 2.45) is 0 Å². The first-order valence-corrected chi connectivity index (χ1v) is 6.45. The molecule has 15 heavy (non-hydrogen) atoms. The van der Waals surface area contributed by atoms with Crippen molar-refractivity contribution in [3.63, 3.8) is 0 Å². The van der Waals surface area contributed by atoms with E-state index >= 15 is 0 Å². The normalized spacial score (nSPS) is 14.5. The van der Waals surface area contributed by atoms with Gasteiger partial charge in [0.25, 0.3) is 0 Å². The van der Waals surface area contributed by atoms with E-state index in [9.17, 15) is 0 Å². The molecule has 0 fully saturated rings. The molecule has 0 spiro atoms. The summed E-state index contributed by atoms with van der Waals surface area (Å²) in [7, 11) is 0. The first kappa shape index (κ1) is 12.4. The Balaban J connectivity index is 2.51. The number of hydrogen-bond donors (Lipinski definition) is 1. The number of aryl methyl sites for hydroxylation is 1. The number of thioether (sulfide) groups is 1. The summed E-state index contributed by atoms with van der Waals surface area (Å²) < 4.78 is 5.02. The van der Waals surface area contributed by atoms with Gasteiger partial charge >= 0.3 is 0 Å². The Kier molecular flexibility index (Phi) is 4.51. The van der Waals surface area contributed by atoms with Gasteiger partial charge in [-0.2, -0.15) is 9.64 Å². The fourth-order valence-corrected chi connectivity index (χ4v) is 2.75. The van der Waals surface area contributed by atoms with E-state index in [1.54, 1.807) is 11.8 Å². The second-order valence-corrected chi connectivity index (χ2v) is 5.34. The summed E-state index contributed by atoms with van der Waals surface area (Å²) >= 11 is 2.96. The summed E-state index contributed by atoms with van der Waals surface area (Å²) in [6.07, 6.45) is 0. The van der Waals surface area contributed by atoms with Gasteiger partial charge in [-0.05, 0) is 31.9 Å². The van der Waals surface area contributed by atoms with Crippen LogP contribution in [0.3, 0.4) is 0 Å². The zero-order valence-electron chi connectivity index (χ0n) is 9.07. The van der Waals surface area contributed by atoms with Gasteiger partial charge in [-0.25, -0.2) is 4.98 Å². The summed E-state index contributed by atoms with van der Waals surface area (Å²) in [5.41, 5.74) is -0.487. The second-order valence-electron chi connectivity index (χ2n) is 3.37. The van der Waals surface area contributed by atoms with Crippen LogP contribution in [-0.4, -0.2) is 27.2 Å². The number of aromatic nitrogens is 2. The van der Waals surface area contributed by atoms with Gasteiger partial charge in [-0.15, -0.1) is 0 Å². The summed E-state index contributed by atoms with van der Waals surface area (Å²) in [4.78, 5) is 4.24. The van der Waals surface area contributed by atoms with Crippen LogP contribution in [0.1, 0.15) is 19.7 Å². The number of nitrogens with zero attached hydrogens (tertiary/aromatic N) is 3. The molecule has 4 nitrogen and oxygen atoms in total. The lowest BCUT2D eigenvalue weighted by molar-refractivity contribution is 0.511. The lowest BCUT2D eigenvalue weighted by atomic mass is 10.1. The van der Waals surface area contributed by atoms with Crippen LogP contribution in [-0.2, 0) is 0 Å². The van der Waals surface area contributed by atoms with E-state index in [1.165, 1.54) is 11.5 Å². The van der Waals surface area contributed by atoms with Gasteiger partial charge in [0.15, 0.2) is 4.34 Å². The SMILES string of the molecule is CCNC(C)(C#N)CSc1nc(C)ns1. The minimum absolute atomic E-state index is 0.487. The van der Waals surface area contributed by atoms with Gasteiger partial charge in [0, 0.05) is 5.75 Å². The van der Waals surface area contributed by atoms with Crippen molar-refractivity contribution < 1.29 is 0 Å². The molecule has 1 unspecified atom stereocenters. The standard InChI is InChI=1S/C9H14N4S2/c1-4-11-9(3,5-10)6-14-8-12-7(2)13-15-8/h11H,4,6H2,1-3H3. The third kappa shape index (κ3) is 3.78. The molecule has 0 aromatic carbocycles. The van der Waals surface area contributed by atoms with Gasteiger partial charge in [0.05, 0.1) is 6.07 Å². The molecular weight excluding hydrogens is 228 g/mol. The van der Waals surface area contributed by atoms with Crippen molar-refractivity contribution in [3.05, 3.63) is 5.82 Å². The quantitative estimate of drug-likeness (QED) is 0.798. The molecule has 0 aliphatic rings. The third-order valence-corrected chi connectivity index (χ3v) is 4.05.